The minimum Gasteiger partial charge on any atom is -0.496 e. The summed E-state index contributed by atoms with van der Waals surface area (Å²) in [4.78, 5) is 36.9. The third kappa shape index (κ3) is 5.53. The monoisotopic (exact) mass is 565 g/mol. The maximum absolute atomic E-state index is 13.3. The van der Waals surface area contributed by atoms with Gasteiger partial charge in [-0.25, -0.2) is 4.98 Å². The van der Waals surface area contributed by atoms with Gasteiger partial charge >= 0.3 is 0 Å². The van der Waals surface area contributed by atoms with E-state index in [1.165, 1.54) is 6.20 Å². The average molecular weight is 566 g/mol. The van der Waals surface area contributed by atoms with E-state index in [9.17, 15) is 9.59 Å². The quantitative estimate of drug-likeness (QED) is 0.447. The third-order valence-corrected chi connectivity index (χ3v) is 7.09. The zero-order valence-corrected chi connectivity index (χ0v) is 22.1. The Morgan fingerprint density at radius 1 is 1.22 bits per heavy atom. The third-order valence-electron chi connectivity index (χ3n) is 6.56. The molecule has 0 saturated carbocycles. The van der Waals surface area contributed by atoms with Crippen molar-refractivity contribution in [1.82, 2.24) is 20.6 Å². The van der Waals surface area contributed by atoms with E-state index >= 15 is 0 Å². The van der Waals surface area contributed by atoms with Crippen molar-refractivity contribution in [2.24, 2.45) is 0 Å². The standard InChI is InChI=1S/C27H28BrN5O4/c1-36-23-7-4-6-22-19(23)12-14-33(22)27-30-15-20(24(34)31-21-5-2-3-13-29-25(21)35)26(32-27)37-16-17-8-10-18(28)11-9-17/h4,6-11,15,21H,2-3,5,12-14,16H2,1H3,(H,29,35)(H,31,34). The lowest BCUT2D eigenvalue weighted by Gasteiger charge is -2.20. The molecule has 10 heteroatoms. The van der Waals surface area contributed by atoms with Crippen LogP contribution in [0.3, 0.4) is 0 Å². The number of carbonyl (C=O) groups excluding carboxylic acids is 2. The van der Waals surface area contributed by atoms with Gasteiger partial charge in [0.2, 0.25) is 17.7 Å². The number of aromatic nitrogens is 2. The molecular weight excluding hydrogens is 538 g/mol. The molecule has 1 saturated heterocycles. The molecule has 1 fully saturated rings. The van der Waals surface area contributed by atoms with Crippen LogP contribution < -0.4 is 25.0 Å². The highest BCUT2D eigenvalue weighted by atomic mass is 79.9. The van der Waals surface area contributed by atoms with Crippen LogP contribution in [0.25, 0.3) is 0 Å². The lowest BCUT2D eigenvalue weighted by molar-refractivity contribution is -0.122. The van der Waals surface area contributed by atoms with Crippen LogP contribution in [0.4, 0.5) is 11.6 Å². The number of anilines is 2. The first-order valence-electron chi connectivity index (χ1n) is 12.3. The molecule has 2 N–H and O–H groups in total. The van der Waals surface area contributed by atoms with Crippen molar-refractivity contribution in [2.75, 3.05) is 25.1 Å². The first kappa shape index (κ1) is 25.0. The first-order chi connectivity index (χ1) is 18.0. The van der Waals surface area contributed by atoms with E-state index in [1.807, 2.05) is 47.4 Å². The zero-order chi connectivity index (χ0) is 25.8. The number of hydrogen-bond acceptors (Lipinski definition) is 7. The second-order valence-corrected chi connectivity index (χ2v) is 9.89. The Balaban J connectivity index is 1.44. The van der Waals surface area contributed by atoms with Gasteiger partial charge in [0, 0.05) is 29.3 Å². The van der Waals surface area contributed by atoms with E-state index in [0.717, 1.165) is 46.3 Å². The number of ether oxygens (including phenoxy) is 2. The van der Waals surface area contributed by atoms with Crippen LogP contribution in [-0.4, -0.2) is 48.0 Å². The minimum atomic E-state index is -0.605. The predicted molar refractivity (Wildman–Crippen MR) is 142 cm³/mol. The smallest absolute Gasteiger partial charge is 0.259 e. The molecule has 1 unspecified atom stereocenters. The Morgan fingerprint density at radius 2 is 2.05 bits per heavy atom. The van der Waals surface area contributed by atoms with Crippen molar-refractivity contribution in [3.8, 4) is 11.6 Å². The lowest BCUT2D eigenvalue weighted by Crippen LogP contribution is -2.45. The van der Waals surface area contributed by atoms with Crippen molar-refractivity contribution in [3.63, 3.8) is 0 Å². The molecule has 0 radical (unpaired) electrons. The van der Waals surface area contributed by atoms with Crippen molar-refractivity contribution < 1.29 is 19.1 Å². The number of fused-ring (bicyclic) bond motifs is 1. The summed E-state index contributed by atoms with van der Waals surface area (Å²) in [5.74, 6) is 0.799. The van der Waals surface area contributed by atoms with Crippen molar-refractivity contribution in [2.45, 2.75) is 38.3 Å². The molecule has 2 amide bonds. The topological polar surface area (TPSA) is 106 Å². The molecule has 3 aromatic rings. The van der Waals surface area contributed by atoms with E-state index in [4.69, 9.17) is 9.47 Å². The number of nitrogens with zero attached hydrogens (tertiary/aromatic N) is 3. The molecule has 2 aromatic carbocycles. The Kier molecular flexibility index (Phi) is 7.55. The summed E-state index contributed by atoms with van der Waals surface area (Å²) in [6, 6.07) is 13.0. The summed E-state index contributed by atoms with van der Waals surface area (Å²) in [6.45, 7) is 1.51. The number of methoxy groups -OCH3 is 1. The van der Waals surface area contributed by atoms with Crippen molar-refractivity contribution in [1.29, 1.82) is 0 Å². The highest BCUT2D eigenvalue weighted by molar-refractivity contribution is 9.10. The number of hydrogen-bond donors (Lipinski definition) is 2. The minimum absolute atomic E-state index is 0.163. The fourth-order valence-electron chi connectivity index (χ4n) is 4.60. The van der Waals surface area contributed by atoms with Gasteiger partial charge in [-0.1, -0.05) is 34.1 Å². The van der Waals surface area contributed by atoms with E-state index < -0.39 is 11.9 Å². The van der Waals surface area contributed by atoms with Crippen LogP contribution in [0.15, 0.2) is 53.1 Å². The summed E-state index contributed by atoms with van der Waals surface area (Å²) in [5, 5.41) is 5.69. The predicted octanol–water partition coefficient (Wildman–Crippen LogP) is 3.92. The maximum atomic E-state index is 13.3. The normalized spacial score (nSPS) is 17.0. The second kappa shape index (κ2) is 11.2. The van der Waals surface area contributed by atoms with Gasteiger partial charge in [0.15, 0.2) is 0 Å². The van der Waals surface area contributed by atoms with E-state index in [1.54, 1.807) is 7.11 Å². The van der Waals surface area contributed by atoms with Gasteiger partial charge in [-0.2, -0.15) is 4.98 Å². The number of amides is 2. The van der Waals surface area contributed by atoms with Crippen LogP contribution in [0.2, 0.25) is 0 Å². The highest BCUT2D eigenvalue weighted by Crippen LogP contribution is 2.38. The maximum Gasteiger partial charge on any atom is 0.259 e. The van der Waals surface area contributed by atoms with Crippen LogP contribution in [0.1, 0.15) is 40.7 Å². The fraction of sp³-hybridized carbons (Fsp3) is 0.333. The summed E-state index contributed by atoms with van der Waals surface area (Å²) in [6.07, 6.45) is 4.58. The Morgan fingerprint density at radius 3 is 2.86 bits per heavy atom. The molecule has 1 aromatic heterocycles. The van der Waals surface area contributed by atoms with Crippen LogP contribution >= 0.6 is 15.9 Å². The number of halogens is 1. The van der Waals surface area contributed by atoms with Gasteiger partial charge in [-0.3, -0.25) is 9.59 Å². The Hall–Kier alpha value is -3.66. The van der Waals surface area contributed by atoms with E-state index in [2.05, 4.69) is 36.5 Å². The largest absolute Gasteiger partial charge is 0.496 e. The van der Waals surface area contributed by atoms with Crippen LogP contribution in [-0.2, 0) is 17.8 Å². The van der Waals surface area contributed by atoms with Gasteiger partial charge in [0.05, 0.1) is 12.8 Å². The number of benzene rings is 2. The molecule has 3 heterocycles. The lowest BCUT2D eigenvalue weighted by atomic mass is 10.1. The molecular formula is C27H28BrN5O4. The number of rotatable bonds is 7. The summed E-state index contributed by atoms with van der Waals surface area (Å²) >= 11 is 3.44. The first-order valence-corrected chi connectivity index (χ1v) is 13.1. The van der Waals surface area contributed by atoms with Gasteiger partial charge < -0.3 is 25.0 Å². The summed E-state index contributed by atoms with van der Waals surface area (Å²) in [5.41, 5.74) is 3.16. The van der Waals surface area contributed by atoms with Crippen LogP contribution in [0, 0.1) is 0 Å². The van der Waals surface area contributed by atoms with Crippen molar-refractivity contribution >= 4 is 39.4 Å². The molecule has 9 nitrogen and oxygen atoms in total. The average Bonchev–Trinajstić information content (AvgIpc) is 3.25. The fourth-order valence-corrected chi connectivity index (χ4v) is 4.86. The molecule has 0 spiro atoms. The Bertz CT molecular complexity index is 1300. The highest BCUT2D eigenvalue weighted by Gasteiger charge is 2.29. The molecule has 5 rings (SSSR count). The molecule has 2 aliphatic heterocycles. The molecule has 0 bridgehead atoms. The molecule has 192 valence electrons. The zero-order valence-electron chi connectivity index (χ0n) is 20.5. The van der Waals surface area contributed by atoms with E-state index in [-0.39, 0.29) is 24.0 Å². The van der Waals surface area contributed by atoms with Gasteiger partial charge in [0.25, 0.3) is 5.91 Å². The van der Waals surface area contributed by atoms with Gasteiger partial charge in [-0.15, -0.1) is 0 Å². The van der Waals surface area contributed by atoms with Crippen LogP contribution in [0.5, 0.6) is 11.6 Å². The van der Waals surface area contributed by atoms with E-state index in [0.29, 0.717) is 25.5 Å². The molecule has 1 atom stereocenters. The van der Waals surface area contributed by atoms with Gasteiger partial charge in [-0.05, 0) is 55.5 Å². The second-order valence-electron chi connectivity index (χ2n) is 8.98. The van der Waals surface area contributed by atoms with Gasteiger partial charge in [0.1, 0.15) is 24.0 Å². The summed E-state index contributed by atoms with van der Waals surface area (Å²) in [7, 11) is 1.66. The number of carbonyl (C=O) groups is 2. The summed E-state index contributed by atoms with van der Waals surface area (Å²) < 4.78 is 12.6. The molecule has 2 aliphatic rings. The SMILES string of the molecule is COc1cccc2c1CCN2c1ncc(C(=O)NC2CCCCNC2=O)c(OCc2ccc(Br)cc2)n1. The number of nitrogens with one attached hydrogen (secondary N) is 2. The van der Waals surface area contributed by atoms with Crippen molar-refractivity contribution in [3.05, 3.63) is 69.8 Å². The Labute approximate surface area is 223 Å². The molecule has 0 aliphatic carbocycles. The molecule has 37 heavy (non-hydrogen) atoms.